The molecule has 0 spiro atoms. The van der Waals surface area contributed by atoms with Crippen LogP contribution in [0.25, 0.3) is 0 Å². The quantitative estimate of drug-likeness (QED) is 0.682. The van der Waals surface area contributed by atoms with Gasteiger partial charge in [0.1, 0.15) is 6.23 Å². The molecule has 98 valence electrons. The highest BCUT2D eigenvalue weighted by atomic mass is 16.5. The van der Waals surface area contributed by atoms with E-state index in [4.69, 9.17) is 4.74 Å². The third-order valence-corrected chi connectivity index (χ3v) is 4.37. The second kappa shape index (κ2) is 5.11. The van der Waals surface area contributed by atoms with Crippen LogP contribution in [0.3, 0.4) is 0 Å². The predicted octanol–water partition coefficient (Wildman–Crippen LogP) is 3.43. The van der Waals surface area contributed by atoms with Crippen LogP contribution in [-0.2, 0) is 4.74 Å². The van der Waals surface area contributed by atoms with Gasteiger partial charge in [-0.05, 0) is 46.5 Å². The van der Waals surface area contributed by atoms with E-state index in [1.165, 1.54) is 12.8 Å². The predicted molar refractivity (Wildman–Crippen MR) is 71.8 cm³/mol. The number of hydrogen-bond donors (Lipinski definition) is 0. The molecule has 4 unspecified atom stereocenters. The van der Waals surface area contributed by atoms with Crippen molar-refractivity contribution >= 4 is 0 Å². The second-order valence-corrected chi connectivity index (χ2v) is 6.19. The van der Waals surface area contributed by atoms with E-state index in [2.05, 4.69) is 45.6 Å². The average molecular weight is 237 g/mol. The number of rotatable bonds is 2. The van der Waals surface area contributed by atoms with Crippen molar-refractivity contribution in [2.24, 2.45) is 11.8 Å². The van der Waals surface area contributed by atoms with Gasteiger partial charge in [-0.3, -0.25) is 4.90 Å². The average Bonchev–Trinajstić information content (AvgIpc) is 2.60. The van der Waals surface area contributed by atoms with Gasteiger partial charge in [-0.25, -0.2) is 0 Å². The lowest BCUT2D eigenvalue weighted by Gasteiger charge is -2.38. The maximum Gasteiger partial charge on any atom is 0.114 e. The van der Waals surface area contributed by atoms with E-state index >= 15 is 0 Å². The van der Waals surface area contributed by atoms with Crippen molar-refractivity contribution in [3.8, 4) is 0 Å². The summed E-state index contributed by atoms with van der Waals surface area (Å²) in [6.07, 6.45) is 5.31. The Labute approximate surface area is 106 Å². The first kappa shape index (κ1) is 13.1. The van der Waals surface area contributed by atoms with Crippen LogP contribution in [0.1, 0.15) is 47.5 Å². The van der Waals surface area contributed by atoms with Crippen molar-refractivity contribution in [2.75, 3.05) is 6.61 Å². The van der Waals surface area contributed by atoms with Crippen LogP contribution in [0.15, 0.2) is 11.6 Å². The smallest absolute Gasteiger partial charge is 0.114 e. The van der Waals surface area contributed by atoms with Gasteiger partial charge in [-0.15, -0.1) is 0 Å². The molecule has 1 aliphatic heterocycles. The van der Waals surface area contributed by atoms with Crippen LogP contribution in [0.5, 0.6) is 0 Å². The minimum atomic E-state index is 0.337. The molecule has 0 radical (unpaired) electrons. The summed E-state index contributed by atoms with van der Waals surface area (Å²) in [5, 5.41) is 0. The van der Waals surface area contributed by atoms with Crippen molar-refractivity contribution < 1.29 is 4.74 Å². The topological polar surface area (TPSA) is 12.5 Å². The van der Waals surface area contributed by atoms with E-state index in [-0.39, 0.29) is 0 Å². The third kappa shape index (κ3) is 2.58. The Morgan fingerprint density at radius 1 is 1.35 bits per heavy atom. The summed E-state index contributed by atoms with van der Waals surface area (Å²) in [6, 6.07) is 1.15. The van der Waals surface area contributed by atoms with Gasteiger partial charge in [0.25, 0.3) is 0 Å². The minimum Gasteiger partial charge on any atom is -0.361 e. The van der Waals surface area contributed by atoms with Gasteiger partial charge in [0, 0.05) is 18.0 Å². The molecule has 0 aromatic heterocycles. The van der Waals surface area contributed by atoms with Crippen LogP contribution >= 0.6 is 0 Å². The molecule has 0 saturated carbocycles. The molecule has 17 heavy (non-hydrogen) atoms. The Morgan fingerprint density at radius 3 is 2.65 bits per heavy atom. The molecule has 4 atom stereocenters. The number of ether oxygens (including phenoxy) is 1. The van der Waals surface area contributed by atoms with E-state index in [1.54, 1.807) is 5.57 Å². The highest BCUT2D eigenvalue weighted by Gasteiger charge is 2.40. The first-order valence-electron chi connectivity index (χ1n) is 7.07. The lowest BCUT2D eigenvalue weighted by Crippen LogP contribution is -2.46. The molecule has 0 bridgehead atoms. The minimum absolute atomic E-state index is 0.337. The molecule has 1 saturated heterocycles. The molecule has 1 aliphatic carbocycles. The number of nitrogens with zero attached hydrogens (tertiary/aromatic N) is 1. The van der Waals surface area contributed by atoms with Gasteiger partial charge >= 0.3 is 0 Å². The van der Waals surface area contributed by atoms with Crippen LogP contribution in [-0.4, -0.2) is 29.8 Å². The number of allylic oxidation sites excluding steroid dienone is 2. The molecular weight excluding hydrogens is 210 g/mol. The molecule has 2 heteroatoms. The van der Waals surface area contributed by atoms with Crippen molar-refractivity contribution in [3.63, 3.8) is 0 Å². The van der Waals surface area contributed by atoms with E-state index < -0.39 is 0 Å². The lowest BCUT2D eigenvalue weighted by molar-refractivity contribution is -0.0445. The first-order valence-corrected chi connectivity index (χ1v) is 7.07. The van der Waals surface area contributed by atoms with Gasteiger partial charge in [0.2, 0.25) is 0 Å². The maximum atomic E-state index is 6.08. The van der Waals surface area contributed by atoms with Crippen molar-refractivity contribution in [2.45, 2.75) is 65.8 Å². The first-order chi connectivity index (χ1) is 8.00. The fourth-order valence-electron chi connectivity index (χ4n) is 3.52. The summed E-state index contributed by atoms with van der Waals surface area (Å²) in [7, 11) is 0. The van der Waals surface area contributed by atoms with Gasteiger partial charge < -0.3 is 4.74 Å². The zero-order valence-electron chi connectivity index (χ0n) is 11.9. The highest BCUT2D eigenvalue weighted by molar-refractivity contribution is 5.07. The lowest BCUT2D eigenvalue weighted by atomic mass is 9.80. The molecular formula is C15H27NO. The third-order valence-electron chi connectivity index (χ3n) is 4.37. The Kier molecular flexibility index (Phi) is 3.94. The van der Waals surface area contributed by atoms with Crippen LogP contribution in [0.2, 0.25) is 0 Å². The van der Waals surface area contributed by atoms with Crippen molar-refractivity contribution in [3.05, 3.63) is 11.6 Å². The molecule has 1 fully saturated rings. The summed E-state index contributed by atoms with van der Waals surface area (Å²) < 4.78 is 6.08. The van der Waals surface area contributed by atoms with E-state index in [1.807, 2.05) is 0 Å². The molecule has 0 amide bonds. The largest absolute Gasteiger partial charge is 0.361 e. The Hall–Kier alpha value is -0.340. The molecule has 0 N–H and O–H groups in total. The van der Waals surface area contributed by atoms with Crippen molar-refractivity contribution in [1.29, 1.82) is 0 Å². The Balaban J connectivity index is 2.12. The normalized spacial score (nSPS) is 39.8. The molecule has 2 rings (SSSR count). The van der Waals surface area contributed by atoms with Gasteiger partial charge in [-0.1, -0.05) is 18.6 Å². The summed E-state index contributed by atoms with van der Waals surface area (Å²) >= 11 is 0. The monoisotopic (exact) mass is 237 g/mol. The van der Waals surface area contributed by atoms with Crippen LogP contribution in [0.4, 0.5) is 0 Å². The zero-order chi connectivity index (χ0) is 12.6. The van der Waals surface area contributed by atoms with E-state index in [9.17, 15) is 0 Å². The Morgan fingerprint density at radius 2 is 2.06 bits per heavy atom. The van der Waals surface area contributed by atoms with Gasteiger partial charge in [0.05, 0.1) is 6.61 Å². The number of hydrogen-bond acceptors (Lipinski definition) is 2. The Bertz CT molecular complexity index is 297. The fourth-order valence-corrected chi connectivity index (χ4v) is 3.52. The van der Waals surface area contributed by atoms with E-state index in [0.717, 1.165) is 6.61 Å². The highest BCUT2D eigenvalue weighted by Crippen LogP contribution is 2.37. The standard InChI is InChI=1S/C15H27NO/c1-10(2)16-13(5)9-17-15(16)14-7-6-11(3)8-12(14)4/h8,10,12-15H,6-7,9H2,1-5H3. The van der Waals surface area contributed by atoms with Crippen LogP contribution < -0.4 is 0 Å². The van der Waals surface area contributed by atoms with Crippen molar-refractivity contribution in [1.82, 2.24) is 4.90 Å². The maximum absolute atomic E-state index is 6.08. The van der Waals surface area contributed by atoms with E-state index in [0.29, 0.717) is 30.1 Å². The second-order valence-electron chi connectivity index (χ2n) is 6.19. The van der Waals surface area contributed by atoms with Gasteiger partial charge in [0.15, 0.2) is 0 Å². The molecule has 2 nitrogen and oxygen atoms in total. The molecule has 0 aromatic rings. The molecule has 1 heterocycles. The van der Waals surface area contributed by atoms with Gasteiger partial charge in [-0.2, -0.15) is 0 Å². The molecule has 2 aliphatic rings. The summed E-state index contributed by atoms with van der Waals surface area (Å²) in [6.45, 7) is 12.4. The summed E-state index contributed by atoms with van der Waals surface area (Å²) in [5.41, 5.74) is 1.55. The fraction of sp³-hybridized carbons (Fsp3) is 0.867. The van der Waals surface area contributed by atoms with Crippen LogP contribution in [0, 0.1) is 11.8 Å². The SMILES string of the molecule is CC1=CC(C)C(C2OCC(C)N2C(C)C)CC1. The summed E-state index contributed by atoms with van der Waals surface area (Å²) in [4.78, 5) is 2.57. The zero-order valence-corrected chi connectivity index (χ0v) is 11.9. The molecule has 0 aromatic carbocycles. The summed E-state index contributed by atoms with van der Waals surface area (Å²) in [5.74, 6) is 1.33.